The summed E-state index contributed by atoms with van der Waals surface area (Å²) in [5, 5.41) is 2.53. The lowest BCUT2D eigenvalue weighted by atomic mass is 9.99. The summed E-state index contributed by atoms with van der Waals surface area (Å²) in [6.45, 7) is 4.06. The Morgan fingerprint density at radius 1 is 1.18 bits per heavy atom. The smallest absolute Gasteiger partial charge is 0.337 e. The molecule has 0 fully saturated rings. The van der Waals surface area contributed by atoms with Crippen LogP contribution in [-0.4, -0.2) is 13.1 Å². The van der Waals surface area contributed by atoms with E-state index in [0.29, 0.717) is 10.6 Å². The molecule has 2 aromatic carbocycles. The molecular formula is C14H13ClO2. The van der Waals surface area contributed by atoms with Crippen LogP contribution in [0.4, 0.5) is 0 Å². The number of fused-ring (bicyclic) bond motifs is 1. The van der Waals surface area contributed by atoms with Gasteiger partial charge in [-0.25, -0.2) is 4.79 Å². The molecule has 0 N–H and O–H groups in total. The van der Waals surface area contributed by atoms with Gasteiger partial charge in [-0.05, 0) is 42.5 Å². The predicted octanol–water partition coefficient (Wildman–Crippen LogP) is 3.90. The predicted molar refractivity (Wildman–Crippen MR) is 69.8 cm³/mol. The van der Waals surface area contributed by atoms with Crippen LogP contribution >= 0.6 is 11.6 Å². The lowest BCUT2D eigenvalue weighted by Crippen LogP contribution is -2.01. The van der Waals surface area contributed by atoms with Gasteiger partial charge in [-0.3, -0.25) is 0 Å². The molecule has 17 heavy (non-hydrogen) atoms. The molecule has 0 bridgehead atoms. The highest BCUT2D eigenvalue weighted by Crippen LogP contribution is 2.29. The van der Waals surface area contributed by atoms with Crippen molar-refractivity contribution in [2.75, 3.05) is 7.11 Å². The van der Waals surface area contributed by atoms with Gasteiger partial charge in [-0.2, -0.15) is 0 Å². The maximum Gasteiger partial charge on any atom is 0.337 e. The highest BCUT2D eigenvalue weighted by Gasteiger charge is 2.11. The second-order valence-corrected chi connectivity index (χ2v) is 4.46. The van der Waals surface area contributed by atoms with Gasteiger partial charge in [-0.15, -0.1) is 0 Å². The summed E-state index contributed by atoms with van der Waals surface area (Å²) in [6.07, 6.45) is 0. The number of ether oxygens (including phenoxy) is 1. The molecule has 3 heteroatoms. The van der Waals surface area contributed by atoms with Crippen molar-refractivity contribution in [1.29, 1.82) is 0 Å². The van der Waals surface area contributed by atoms with Crippen LogP contribution in [0.5, 0.6) is 0 Å². The minimum absolute atomic E-state index is 0.366. The third kappa shape index (κ3) is 2.01. The second-order valence-electron chi connectivity index (χ2n) is 4.05. The molecule has 0 aliphatic heterocycles. The van der Waals surface area contributed by atoms with Crippen LogP contribution < -0.4 is 0 Å². The lowest BCUT2D eigenvalue weighted by Gasteiger charge is -2.09. The first-order valence-electron chi connectivity index (χ1n) is 5.32. The van der Waals surface area contributed by atoms with Crippen molar-refractivity contribution in [3.05, 3.63) is 46.0 Å². The molecule has 0 aliphatic carbocycles. The number of methoxy groups -OCH3 is 1. The summed E-state index contributed by atoms with van der Waals surface area (Å²) in [4.78, 5) is 11.5. The fourth-order valence-electron chi connectivity index (χ4n) is 1.88. The molecule has 0 heterocycles. The molecule has 2 rings (SSSR count). The highest BCUT2D eigenvalue weighted by molar-refractivity contribution is 6.36. The third-order valence-corrected chi connectivity index (χ3v) is 3.36. The number of halogens is 1. The van der Waals surface area contributed by atoms with Gasteiger partial charge in [0.05, 0.1) is 12.7 Å². The van der Waals surface area contributed by atoms with E-state index in [9.17, 15) is 4.79 Å². The number of aryl methyl sites for hydroxylation is 2. The normalized spacial score (nSPS) is 10.6. The SMILES string of the molecule is COC(=O)c1cc(Cl)c2ccc(C)c(C)c2c1. The number of hydrogen-bond donors (Lipinski definition) is 0. The minimum Gasteiger partial charge on any atom is -0.465 e. The largest absolute Gasteiger partial charge is 0.465 e. The molecule has 0 atom stereocenters. The quantitative estimate of drug-likeness (QED) is 0.716. The summed E-state index contributed by atoms with van der Waals surface area (Å²) in [5.41, 5.74) is 2.80. The Balaban J connectivity index is 2.79. The van der Waals surface area contributed by atoms with Crippen molar-refractivity contribution >= 4 is 28.3 Å². The van der Waals surface area contributed by atoms with Crippen LogP contribution in [0.3, 0.4) is 0 Å². The summed E-state index contributed by atoms with van der Waals surface area (Å²) in [5.74, 6) is -0.366. The van der Waals surface area contributed by atoms with Crippen molar-refractivity contribution in [1.82, 2.24) is 0 Å². The Bertz CT molecular complexity index is 603. The van der Waals surface area contributed by atoms with E-state index in [-0.39, 0.29) is 5.97 Å². The average Bonchev–Trinajstić information content (AvgIpc) is 2.33. The van der Waals surface area contributed by atoms with Gasteiger partial charge in [0.1, 0.15) is 0 Å². The number of benzene rings is 2. The summed E-state index contributed by atoms with van der Waals surface area (Å²) in [6, 6.07) is 7.47. The molecule has 0 amide bonds. The Labute approximate surface area is 105 Å². The van der Waals surface area contributed by atoms with E-state index >= 15 is 0 Å². The number of carbonyl (C=O) groups is 1. The number of esters is 1. The van der Waals surface area contributed by atoms with Crippen LogP contribution in [0.2, 0.25) is 5.02 Å². The van der Waals surface area contributed by atoms with Crippen LogP contribution in [-0.2, 0) is 4.74 Å². The fourth-order valence-corrected chi connectivity index (χ4v) is 2.16. The molecule has 2 nitrogen and oxygen atoms in total. The molecule has 2 aromatic rings. The van der Waals surface area contributed by atoms with Gasteiger partial charge in [0.2, 0.25) is 0 Å². The van der Waals surface area contributed by atoms with E-state index in [0.717, 1.165) is 16.3 Å². The van der Waals surface area contributed by atoms with Gasteiger partial charge in [-0.1, -0.05) is 23.7 Å². The maximum atomic E-state index is 11.5. The summed E-state index contributed by atoms with van der Waals surface area (Å²) < 4.78 is 4.71. The molecule has 0 radical (unpaired) electrons. The first kappa shape index (κ1) is 11.9. The molecule has 0 spiro atoms. The Kier molecular flexibility index (Phi) is 3.07. The first-order chi connectivity index (χ1) is 8.04. The monoisotopic (exact) mass is 248 g/mol. The van der Waals surface area contributed by atoms with Crippen molar-refractivity contribution < 1.29 is 9.53 Å². The highest BCUT2D eigenvalue weighted by atomic mass is 35.5. The number of hydrogen-bond acceptors (Lipinski definition) is 2. The zero-order valence-electron chi connectivity index (χ0n) is 10.0. The zero-order valence-corrected chi connectivity index (χ0v) is 10.8. The van der Waals surface area contributed by atoms with Crippen LogP contribution in [0.25, 0.3) is 10.8 Å². The van der Waals surface area contributed by atoms with Gasteiger partial charge in [0, 0.05) is 10.4 Å². The average molecular weight is 249 g/mol. The molecule has 0 saturated carbocycles. The van der Waals surface area contributed by atoms with E-state index in [4.69, 9.17) is 16.3 Å². The van der Waals surface area contributed by atoms with Gasteiger partial charge in [0.25, 0.3) is 0 Å². The Hall–Kier alpha value is -1.54. The van der Waals surface area contributed by atoms with E-state index in [2.05, 4.69) is 0 Å². The van der Waals surface area contributed by atoms with E-state index < -0.39 is 0 Å². The number of carbonyl (C=O) groups excluding carboxylic acids is 1. The van der Waals surface area contributed by atoms with Crippen molar-refractivity contribution in [3.8, 4) is 0 Å². The second kappa shape index (κ2) is 4.38. The van der Waals surface area contributed by atoms with E-state index in [1.807, 2.05) is 32.0 Å². The minimum atomic E-state index is -0.366. The number of rotatable bonds is 1. The van der Waals surface area contributed by atoms with E-state index in [1.54, 1.807) is 6.07 Å². The Morgan fingerprint density at radius 3 is 2.53 bits per heavy atom. The lowest BCUT2D eigenvalue weighted by molar-refractivity contribution is 0.0601. The van der Waals surface area contributed by atoms with Crippen molar-refractivity contribution in [2.45, 2.75) is 13.8 Å². The van der Waals surface area contributed by atoms with E-state index in [1.165, 1.54) is 12.7 Å². The standard InChI is InChI=1S/C14H13ClO2/c1-8-4-5-11-12(9(8)2)6-10(7-13(11)15)14(16)17-3/h4-7H,1-3H3. The van der Waals surface area contributed by atoms with Gasteiger partial charge >= 0.3 is 5.97 Å². The third-order valence-electron chi connectivity index (χ3n) is 3.05. The topological polar surface area (TPSA) is 26.3 Å². The summed E-state index contributed by atoms with van der Waals surface area (Å²) in [7, 11) is 1.36. The molecule has 0 aliphatic rings. The maximum absolute atomic E-state index is 11.5. The van der Waals surface area contributed by atoms with Crippen LogP contribution in [0.1, 0.15) is 21.5 Å². The zero-order chi connectivity index (χ0) is 12.6. The van der Waals surface area contributed by atoms with Crippen molar-refractivity contribution in [2.24, 2.45) is 0 Å². The summed E-state index contributed by atoms with van der Waals surface area (Å²) >= 11 is 6.18. The fraction of sp³-hybridized carbons (Fsp3) is 0.214. The molecule has 0 saturated heterocycles. The van der Waals surface area contributed by atoms with Gasteiger partial charge in [0.15, 0.2) is 0 Å². The first-order valence-corrected chi connectivity index (χ1v) is 5.70. The molecular weight excluding hydrogens is 236 g/mol. The van der Waals surface area contributed by atoms with Crippen LogP contribution in [0.15, 0.2) is 24.3 Å². The van der Waals surface area contributed by atoms with Crippen molar-refractivity contribution in [3.63, 3.8) is 0 Å². The molecule has 88 valence electrons. The van der Waals surface area contributed by atoms with Gasteiger partial charge < -0.3 is 4.74 Å². The van der Waals surface area contributed by atoms with Crippen LogP contribution in [0, 0.1) is 13.8 Å². The molecule has 0 unspecified atom stereocenters. The Morgan fingerprint density at radius 2 is 1.88 bits per heavy atom. The molecule has 0 aromatic heterocycles.